The van der Waals surface area contributed by atoms with E-state index < -0.39 is 5.82 Å². The lowest BCUT2D eigenvalue weighted by Gasteiger charge is -2.27. The van der Waals surface area contributed by atoms with Gasteiger partial charge >= 0.3 is 0 Å². The van der Waals surface area contributed by atoms with Gasteiger partial charge in [-0.3, -0.25) is 9.69 Å². The van der Waals surface area contributed by atoms with Gasteiger partial charge in [-0.05, 0) is 37.4 Å². The molecule has 3 heteroatoms. The second-order valence-electron chi connectivity index (χ2n) is 5.64. The van der Waals surface area contributed by atoms with Gasteiger partial charge in [-0.15, -0.1) is 0 Å². The molecule has 1 heterocycles. The van der Waals surface area contributed by atoms with E-state index in [0.717, 1.165) is 13.1 Å². The van der Waals surface area contributed by atoms with Crippen LogP contribution in [0.5, 0.6) is 0 Å². The highest BCUT2D eigenvalue weighted by Crippen LogP contribution is 2.24. The molecule has 0 saturated carbocycles. The number of benzene rings is 1. The number of likely N-dealkylation sites (tertiary alicyclic amines) is 1. The van der Waals surface area contributed by atoms with Crippen LogP contribution in [0.4, 0.5) is 4.39 Å². The van der Waals surface area contributed by atoms with Crippen molar-refractivity contribution in [3.05, 3.63) is 35.6 Å². The second kappa shape index (κ2) is 6.29. The van der Waals surface area contributed by atoms with Crippen molar-refractivity contribution < 1.29 is 9.18 Å². The Balaban J connectivity index is 1.92. The standard InChI is InChI=1S/C16H22FNO/c1-12(2)15-8-5-10-18(15)11-9-16(19)13-6-3-4-7-14(13)17/h3-4,6-7,12,15H,5,8-11H2,1-2H3. The molecule has 1 aromatic carbocycles. The maximum atomic E-state index is 13.5. The molecule has 0 radical (unpaired) electrons. The van der Waals surface area contributed by atoms with E-state index in [2.05, 4.69) is 18.7 Å². The van der Waals surface area contributed by atoms with E-state index in [1.165, 1.54) is 18.9 Å². The molecule has 19 heavy (non-hydrogen) atoms. The molecule has 0 N–H and O–H groups in total. The van der Waals surface area contributed by atoms with Crippen molar-refractivity contribution in [1.29, 1.82) is 0 Å². The highest BCUT2D eigenvalue weighted by atomic mass is 19.1. The Hall–Kier alpha value is -1.22. The minimum absolute atomic E-state index is 0.0903. The van der Waals surface area contributed by atoms with E-state index in [0.29, 0.717) is 18.4 Å². The predicted octanol–water partition coefficient (Wildman–Crippen LogP) is 3.52. The van der Waals surface area contributed by atoms with Gasteiger partial charge in [-0.2, -0.15) is 0 Å². The SMILES string of the molecule is CC(C)C1CCCN1CCC(=O)c1ccccc1F. The largest absolute Gasteiger partial charge is 0.300 e. The lowest BCUT2D eigenvalue weighted by Crippen LogP contribution is -2.35. The summed E-state index contributed by atoms with van der Waals surface area (Å²) in [6.07, 6.45) is 2.83. The third kappa shape index (κ3) is 3.41. The molecule has 1 saturated heterocycles. The van der Waals surface area contributed by atoms with Crippen molar-refractivity contribution in [1.82, 2.24) is 4.90 Å². The van der Waals surface area contributed by atoms with Crippen LogP contribution in [0.1, 0.15) is 43.5 Å². The van der Waals surface area contributed by atoms with Crippen LogP contribution in [-0.4, -0.2) is 29.8 Å². The van der Waals surface area contributed by atoms with Crippen molar-refractivity contribution in [3.8, 4) is 0 Å². The van der Waals surface area contributed by atoms with Gasteiger partial charge in [0, 0.05) is 19.0 Å². The topological polar surface area (TPSA) is 20.3 Å². The molecule has 1 aromatic rings. The molecular formula is C16H22FNO. The van der Waals surface area contributed by atoms with E-state index in [9.17, 15) is 9.18 Å². The van der Waals surface area contributed by atoms with Gasteiger partial charge < -0.3 is 0 Å². The van der Waals surface area contributed by atoms with Crippen LogP contribution < -0.4 is 0 Å². The minimum atomic E-state index is -0.408. The molecule has 0 amide bonds. The van der Waals surface area contributed by atoms with Crippen molar-refractivity contribution in [2.24, 2.45) is 5.92 Å². The summed E-state index contributed by atoms with van der Waals surface area (Å²) in [5, 5.41) is 0. The Bertz CT molecular complexity index is 444. The molecule has 0 aromatic heterocycles. The lowest BCUT2D eigenvalue weighted by molar-refractivity contribution is 0.0950. The molecule has 0 aliphatic carbocycles. The molecule has 1 fully saturated rings. The van der Waals surface area contributed by atoms with Gasteiger partial charge in [0.15, 0.2) is 5.78 Å². The first-order chi connectivity index (χ1) is 9.09. The highest BCUT2D eigenvalue weighted by Gasteiger charge is 2.27. The number of hydrogen-bond acceptors (Lipinski definition) is 2. The van der Waals surface area contributed by atoms with E-state index in [4.69, 9.17) is 0 Å². The molecule has 1 unspecified atom stereocenters. The van der Waals surface area contributed by atoms with Crippen LogP contribution in [0.25, 0.3) is 0 Å². The van der Waals surface area contributed by atoms with Gasteiger partial charge in [-0.25, -0.2) is 4.39 Å². The number of rotatable bonds is 5. The predicted molar refractivity (Wildman–Crippen MR) is 74.8 cm³/mol. The smallest absolute Gasteiger partial charge is 0.167 e. The number of carbonyl (C=O) groups excluding carboxylic acids is 1. The van der Waals surface area contributed by atoms with Crippen molar-refractivity contribution >= 4 is 5.78 Å². The minimum Gasteiger partial charge on any atom is -0.300 e. The first-order valence-electron chi connectivity index (χ1n) is 7.11. The summed E-state index contributed by atoms with van der Waals surface area (Å²) in [4.78, 5) is 14.4. The van der Waals surface area contributed by atoms with Crippen LogP contribution in [0.3, 0.4) is 0 Å². The van der Waals surface area contributed by atoms with E-state index >= 15 is 0 Å². The Morgan fingerprint density at radius 1 is 1.42 bits per heavy atom. The molecule has 1 atom stereocenters. The first kappa shape index (κ1) is 14.2. The zero-order chi connectivity index (χ0) is 13.8. The van der Waals surface area contributed by atoms with E-state index in [1.807, 2.05) is 0 Å². The summed E-state index contributed by atoms with van der Waals surface area (Å²) in [6, 6.07) is 6.82. The number of hydrogen-bond donors (Lipinski definition) is 0. The van der Waals surface area contributed by atoms with Gasteiger partial charge in [-0.1, -0.05) is 26.0 Å². The number of halogens is 1. The molecule has 2 rings (SSSR count). The fourth-order valence-corrected chi connectivity index (χ4v) is 2.95. The fourth-order valence-electron chi connectivity index (χ4n) is 2.95. The Morgan fingerprint density at radius 3 is 2.84 bits per heavy atom. The van der Waals surface area contributed by atoms with Crippen LogP contribution in [0.2, 0.25) is 0 Å². The van der Waals surface area contributed by atoms with Crippen LogP contribution in [0, 0.1) is 11.7 Å². The summed E-state index contributed by atoms with van der Waals surface area (Å²) >= 11 is 0. The molecule has 1 aliphatic heterocycles. The molecule has 104 valence electrons. The third-order valence-corrected chi connectivity index (χ3v) is 3.98. The lowest BCUT2D eigenvalue weighted by atomic mass is 10.0. The second-order valence-corrected chi connectivity index (χ2v) is 5.64. The summed E-state index contributed by atoms with van der Waals surface area (Å²) in [5.74, 6) is 0.118. The number of Topliss-reactive ketones (excluding diaryl/α,β-unsaturated/α-hetero) is 1. The van der Waals surface area contributed by atoms with Gasteiger partial charge in [0.1, 0.15) is 5.82 Å². The molecule has 2 nitrogen and oxygen atoms in total. The van der Waals surface area contributed by atoms with Gasteiger partial charge in [0.05, 0.1) is 5.56 Å². The summed E-state index contributed by atoms with van der Waals surface area (Å²) in [7, 11) is 0. The van der Waals surface area contributed by atoms with Gasteiger partial charge in [0.2, 0.25) is 0 Å². The van der Waals surface area contributed by atoms with Crippen molar-refractivity contribution in [2.75, 3.05) is 13.1 Å². The summed E-state index contributed by atoms with van der Waals surface area (Å²) in [6.45, 7) is 6.26. The molecule has 0 spiro atoms. The Kier molecular flexibility index (Phi) is 4.70. The summed E-state index contributed by atoms with van der Waals surface area (Å²) < 4.78 is 13.5. The highest BCUT2D eigenvalue weighted by molar-refractivity contribution is 5.96. The molecule has 0 bridgehead atoms. The fraction of sp³-hybridized carbons (Fsp3) is 0.562. The first-order valence-corrected chi connectivity index (χ1v) is 7.11. The Labute approximate surface area is 114 Å². The maximum absolute atomic E-state index is 13.5. The van der Waals surface area contributed by atoms with E-state index in [-0.39, 0.29) is 11.3 Å². The average molecular weight is 263 g/mol. The van der Waals surface area contributed by atoms with Crippen LogP contribution >= 0.6 is 0 Å². The number of nitrogens with zero attached hydrogens (tertiary/aromatic N) is 1. The van der Waals surface area contributed by atoms with Gasteiger partial charge in [0.25, 0.3) is 0 Å². The monoisotopic (exact) mass is 263 g/mol. The average Bonchev–Trinajstić information content (AvgIpc) is 2.85. The zero-order valence-electron chi connectivity index (χ0n) is 11.7. The maximum Gasteiger partial charge on any atom is 0.167 e. The van der Waals surface area contributed by atoms with E-state index in [1.54, 1.807) is 18.2 Å². The quantitative estimate of drug-likeness (QED) is 0.758. The van der Waals surface area contributed by atoms with Crippen LogP contribution in [-0.2, 0) is 0 Å². The van der Waals surface area contributed by atoms with Crippen LogP contribution in [0.15, 0.2) is 24.3 Å². The third-order valence-electron chi connectivity index (χ3n) is 3.98. The summed E-state index contributed by atoms with van der Waals surface area (Å²) in [5.41, 5.74) is 0.225. The normalized spacial score (nSPS) is 20.1. The zero-order valence-corrected chi connectivity index (χ0v) is 11.7. The van der Waals surface area contributed by atoms with Crippen molar-refractivity contribution in [2.45, 2.75) is 39.2 Å². The number of ketones is 1. The molecule has 1 aliphatic rings. The molecular weight excluding hydrogens is 241 g/mol. The Morgan fingerprint density at radius 2 is 2.16 bits per heavy atom. The van der Waals surface area contributed by atoms with Crippen molar-refractivity contribution in [3.63, 3.8) is 0 Å². The number of carbonyl (C=O) groups is 1.